The number of aryl methyl sites for hydroxylation is 1. The number of fused-ring (bicyclic) bond motifs is 5. The van der Waals surface area contributed by atoms with Gasteiger partial charge in [0.2, 0.25) is 0 Å². The van der Waals surface area contributed by atoms with Crippen molar-refractivity contribution in [1.29, 1.82) is 0 Å². The summed E-state index contributed by atoms with van der Waals surface area (Å²) in [5.74, 6) is 4.71. The van der Waals surface area contributed by atoms with Crippen molar-refractivity contribution in [3.05, 3.63) is 29.6 Å². The molecule has 1 heterocycles. The van der Waals surface area contributed by atoms with Gasteiger partial charge in [0.15, 0.2) is 0 Å². The fourth-order valence-corrected chi connectivity index (χ4v) is 4.91. The Kier molecular flexibility index (Phi) is 1.97. The lowest BCUT2D eigenvalue weighted by Crippen LogP contribution is -2.18. The van der Waals surface area contributed by atoms with Gasteiger partial charge in [-0.15, -0.1) is 0 Å². The first-order chi connectivity index (χ1) is 8.27. The summed E-state index contributed by atoms with van der Waals surface area (Å²) in [5.41, 5.74) is 9.10. The van der Waals surface area contributed by atoms with Crippen LogP contribution in [0.15, 0.2) is 18.5 Å². The lowest BCUT2D eigenvalue weighted by atomic mass is 9.92. The van der Waals surface area contributed by atoms with Gasteiger partial charge in [0.25, 0.3) is 0 Å². The summed E-state index contributed by atoms with van der Waals surface area (Å²) in [6, 6.07) is 2.32. The van der Waals surface area contributed by atoms with Gasteiger partial charge in [0.05, 0.1) is 0 Å². The monoisotopic (exact) mass is 228 g/mol. The molecule has 4 rings (SSSR count). The molecular formula is C15H20N2. The van der Waals surface area contributed by atoms with Crippen molar-refractivity contribution in [2.24, 2.45) is 35.3 Å². The Morgan fingerprint density at radius 1 is 1.29 bits per heavy atom. The van der Waals surface area contributed by atoms with Crippen LogP contribution in [0.1, 0.15) is 36.4 Å². The molecule has 3 aliphatic carbocycles. The molecule has 90 valence electrons. The van der Waals surface area contributed by atoms with E-state index < -0.39 is 0 Å². The van der Waals surface area contributed by atoms with Crippen LogP contribution in [0.2, 0.25) is 0 Å². The SMILES string of the molecule is Cc1ccncc1C(N)C1C2C3CCC(C3)C21. The number of hydrogen-bond donors (Lipinski definition) is 1. The van der Waals surface area contributed by atoms with Crippen LogP contribution in [0.5, 0.6) is 0 Å². The van der Waals surface area contributed by atoms with E-state index >= 15 is 0 Å². The molecule has 0 aromatic carbocycles. The molecule has 2 heteroatoms. The van der Waals surface area contributed by atoms with E-state index in [0.717, 1.165) is 29.6 Å². The summed E-state index contributed by atoms with van der Waals surface area (Å²) in [4.78, 5) is 4.24. The molecule has 17 heavy (non-hydrogen) atoms. The normalized spacial score (nSPS) is 43.5. The van der Waals surface area contributed by atoms with Crippen molar-refractivity contribution in [3.8, 4) is 0 Å². The third-order valence-electron chi connectivity index (χ3n) is 5.65. The first-order valence-electron chi connectivity index (χ1n) is 6.93. The fourth-order valence-electron chi connectivity index (χ4n) is 4.91. The summed E-state index contributed by atoms with van der Waals surface area (Å²) >= 11 is 0. The molecule has 0 saturated heterocycles. The highest BCUT2D eigenvalue weighted by atomic mass is 14.8. The van der Waals surface area contributed by atoms with E-state index in [0.29, 0.717) is 0 Å². The van der Waals surface area contributed by atoms with E-state index in [1.807, 2.05) is 12.4 Å². The maximum atomic E-state index is 6.50. The maximum absolute atomic E-state index is 6.50. The zero-order valence-corrected chi connectivity index (χ0v) is 10.3. The van der Waals surface area contributed by atoms with Crippen molar-refractivity contribution in [3.63, 3.8) is 0 Å². The first-order valence-corrected chi connectivity index (χ1v) is 6.93. The number of rotatable bonds is 2. The molecule has 2 N–H and O–H groups in total. The Bertz CT molecular complexity index is 440. The molecule has 5 unspecified atom stereocenters. The van der Waals surface area contributed by atoms with E-state index in [1.165, 1.54) is 30.4 Å². The zero-order chi connectivity index (χ0) is 11.6. The molecule has 3 aliphatic rings. The van der Waals surface area contributed by atoms with Crippen molar-refractivity contribution in [2.45, 2.75) is 32.2 Å². The van der Waals surface area contributed by atoms with Gasteiger partial charge in [-0.05, 0) is 73.0 Å². The summed E-state index contributed by atoms with van der Waals surface area (Å²) < 4.78 is 0. The quantitative estimate of drug-likeness (QED) is 0.845. The second-order valence-corrected chi connectivity index (χ2v) is 6.32. The largest absolute Gasteiger partial charge is 0.324 e. The molecule has 2 bridgehead atoms. The van der Waals surface area contributed by atoms with Crippen LogP contribution in [0.4, 0.5) is 0 Å². The Hall–Kier alpha value is -0.890. The van der Waals surface area contributed by atoms with Crippen LogP contribution < -0.4 is 5.73 Å². The molecule has 2 nitrogen and oxygen atoms in total. The second kappa shape index (κ2) is 3.32. The predicted molar refractivity (Wildman–Crippen MR) is 67.2 cm³/mol. The number of nitrogens with zero attached hydrogens (tertiary/aromatic N) is 1. The summed E-state index contributed by atoms with van der Waals surface area (Å²) in [6.45, 7) is 2.16. The van der Waals surface area contributed by atoms with Gasteiger partial charge in [-0.25, -0.2) is 0 Å². The van der Waals surface area contributed by atoms with Crippen molar-refractivity contribution >= 4 is 0 Å². The van der Waals surface area contributed by atoms with Crippen molar-refractivity contribution in [2.75, 3.05) is 0 Å². The molecule has 0 aliphatic heterocycles. The van der Waals surface area contributed by atoms with E-state index in [-0.39, 0.29) is 6.04 Å². The molecule has 3 fully saturated rings. The molecule has 0 radical (unpaired) electrons. The smallest absolute Gasteiger partial charge is 0.0347 e. The third-order valence-corrected chi connectivity index (χ3v) is 5.65. The van der Waals surface area contributed by atoms with E-state index in [4.69, 9.17) is 5.73 Å². The summed E-state index contributed by atoms with van der Waals surface area (Å²) in [7, 11) is 0. The van der Waals surface area contributed by atoms with Crippen molar-refractivity contribution < 1.29 is 0 Å². The molecule has 0 amide bonds. The van der Waals surface area contributed by atoms with Crippen LogP contribution >= 0.6 is 0 Å². The van der Waals surface area contributed by atoms with Crippen LogP contribution in [-0.4, -0.2) is 4.98 Å². The minimum atomic E-state index is 0.238. The standard InChI is InChI=1S/C15H20N2/c1-8-4-5-17-7-11(8)15(16)14-12-9-2-3-10(6-9)13(12)14/h4-5,7,9-10,12-15H,2-3,6,16H2,1H3. The lowest BCUT2D eigenvalue weighted by molar-refractivity contribution is 0.416. The Labute approximate surface area is 103 Å². The first kappa shape index (κ1) is 10.1. The van der Waals surface area contributed by atoms with Crippen LogP contribution in [-0.2, 0) is 0 Å². The van der Waals surface area contributed by atoms with Crippen LogP contribution in [0, 0.1) is 36.5 Å². The molecule has 0 spiro atoms. The minimum Gasteiger partial charge on any atom is -0.324 e. The third kappa shape index (κ3) is 1.28. The van der Waals surface area contributed by atoms with E-state index in [2.05, 4.69) is 18.0 Å². The Morgan fingerprint density at radius 2 is 2.00 bits per heavy atom. The molecule has 5 atom stereocenters. The van der Waals surface area contributed by atoms with Crippen LogP contribution in [0.3, 0.4) is 0 Å². The highest BCUT2D eigenvalue weighted by molar-refractivity contribution is 5.29. The number of aromatic nitrogens is 1. The highest BCUT2D eigenvalue weighted by Gasteiger charge is 2.66. The van der Waals surface area contributed by atoms with Crippen LogP contribution in [0.25, 0.3) is 0 Å². The fraction of sp³-hybridized carbons (Fsp3) is 0.667. The van der Waals surface area contributed by atoms with E-state index in [9.17, 15) is 0 Å². The van der Waals surface area contributed by atoms with Gasteiger partial charge in [-0.3, -0.25) is 4.98 Å². The minimum absolute atomic E-state index is 0.238. The highest BCUT2D eigenvalue weighted by Crippen LogP contribution is 2.71. The average molecular weight is 228 g/mol. The van der Waals surface area contributed by atoms with Gasteiger partial charge in [0, 0.05) is 18.4 Å². The van der Waals surface area contributed by atoms with Gasteiger partial charge < -0.3 is 5.73 Å². The van der Waals surface area contributed by atoms with Crippen molar-refractivity contribution in [1.82, 2.24) is 4.98 Å². The maximum Gasteiger partial charge on any atom is 0.0347 e. The molecule has 1 aromatic rings. The second-order valence-electron chi connectivity index (χ2n) is 6.32. The molecule has 3 saturated carbocycles. The van der Waals surface area contributed by atoms with Gasteiger partial charge in [-0.1, -0.05) is 0 Å². The topological polar surface area (TPSA) is 38.9 Å². The van der Waals surface area contributed by atoms with Gasteiger partial charge >= 0.3 is 0 Å². The van der Waals surface area contributed by atoms with Gasteiger partial charge in [0.1, 0.15) is 0 Å². The number of nitrogens with two attached hydrogens (primary N) is 1. The Balaban J connectivity index is 1.60. The number of pyridine rings is 1. The summed E-state index contributed by atoms with van der Waals surface area (Å²) in [6.07, 6.45) is 8.30. The molecular weight excluding hydrogens is 208 g/mol. The van der Waals surface area contributed by atoms with Gasteiger partial charge in [-0.2, -0.15) is 0 Å². The summed E-state index contributed by atoms with van der Waals surface area (Å²) in [5, 5.41) is 0. The predicted octanol–water partition coefficient (Wildman–Crippen LogP) is 2.68. The lowest BCUT2D eigenvalue weighted by Gasteiger charge is -2.17. The zero-order valence-electron chi connectivity index (χ0n) is 10.3. The average Bonchev–Trinajstić information content (AvgIpc) is 2.77. The Morgan fingerprint density at radius 3 is 2.65 bits per heavy atom. The van der Waals surface area contributed by atoms with E-state index in [1.54, 1.807) is 0 Å². The molecule has 1 aromatic heterocycles. The number of hydrogen-bond acceptors (Lipinski definition) is 2.